The first kappa shape index (κ1) is 33.4. The van der Waals surface area contributed by atoms with Crippen LogP contribution in [0, 0.1) is 11.8 Å². The third kappa shape index (κ3) is 7.54. The van der Waals surface area contributed by atoms with E-state index in [2.05, 4.69) is 21.3 Å². The highest BCUT2D eigenvalue weighted by Crippen LogP contribution is 2.55. The molecule has 3 aliphatic rings. The molecule has 0 saturated carbocycles. The van der Waals surface area contributed by atoms with E-state index < -0.39 is 17.9 Å². The number of amides is 2. The number of nitrogens with one attached hydrogen (secondary N) is 4. The van der Waals surface area contributed by atoms with Crippen molar-refractivity contribution < 1.29 is 38.4 Å². The molecule has 0 bridgehead atoms. The van der Waals surface area contributed by atoms with Gasteiger partial charge in [0.15, 0.2) is 23.0 Å². The summed E-state index contributed by atoms with van der Waals surface area (Å²) in [7, 11) is 2.91. The molecule has 5 rings (SSSR count). The van der Waals surface area contributed by atoms with E-state index in [1.54, 1.807) is 12.1 Å². The second-order valence-electron chi connectivity index (χ2n) is 11.8. The second-order valence-corrected chi connectivity index (χ2v) is 11.8. The molecular formula is C33H47N5O8. The number of urea groups is 1. The number of rotatable bonds is 17. The van der Waals surface area contributed by atoms with Crippen LogP contribution in [0.1, 0.15) is 60.8 Å². The summed E-state index contributed by atoms with van der Waals surface area (Å²) in [5, 5.41) is 23.6. The average Bonchev–Trinajstić information content (AvgIpc) is 3.68. The number of phenols is 1. The van der Waals surface area contributed by atoms with Gasteiger partial charge in [-0.25, -0.2) is 4.79 Å². The average molecular weight is 642 g/mol. The van der Waals surface area contributed by atoms with Gasteiger partial charge in [0.25, 0.3) is 0 Å². The molecule has 252 valence electrons. The maximum Gasteiger partial charge on any atom is 0.315 e. The number of unbranched alkanes of at least 4 members (excludes halogenated alkanes) is 2. The number of fused-ring (bicyclic) bond motifs is 3. The molecule has 0 aromatic heterocycles. The number of carbonyl (C=O) groups excluding carboxylic acids is 2. The van der Waals surface area contributed by atoms with Crippen molar-refractivity contribution in [2.45, 2.75) is 44.1 Å². The minimum atomic E-state index is -0.607. The second kappa shape index (κ2) is 16.1. The third-order valence-corrected chi connectivity index (χ3v) is 8.92. The van der Waals surface area contributed by atoms with E-state index in [1.165, 1.54) is 14.2 Å². The number of hydrogen-bond acceptors (Lipinski definition) is 11. The van der Waals surface area contributed by atoms with Crippen molar-refractivity contribution in [3.8, 4) is 28.7 Å². The Morgan fingerprint density at radius 1 is 0.870 bits per heavy atom. The van der Waals surface area contributed by atoms with Crippen LogP contribution in [-0.4, -0.2) is 84.0 Å². The molecule has 7 N–H and O–H groups in total. The van der Waals surface area contributed by atoms with Crippen molar-refractivity contribution in [3.63, 3.8) is 0 Å². The Morgan fingerprint density at radius 2 is 1.48 bits per heavy atom. The zero-order valence-electron chi connectivity index (χ0n) is 26.7. The monoisotopic (exact) mass is 641 g/mol. The largest absolute Gasteiger partial charge is 0.502 e. The number of esters is 1. The third-order valence-electron chi connectivity index (χ3n) is 8.92. The van der Waals surface area contributed by atoms with E-state index in [1.807, 2.05) is 12.1 Å². The summed E-state index contributed by atoms with van der Waals surface area (Å²) >= 11 is 0. The standard InChI is InChI=1S/C33H47N5O8/c1-42-26-14-20(15-27(43-2)31(26)39)28-21-16-24-25(46-19-45-24)17-22(21)30(23-18-44-32(40)29(23)28)38-33(41)37-13-6-5-10-36-12-7-11-35-9-4-3-8-34/h14-17,23,28-30,35-36,39H,3-13,18-19,34H2,1-2H3,(H2,37,38,41)/t23-,28?,29-,30+/m0/s1. The number of nitrogens with two attached hydrogens (primary N) is 1. The lowest BCUT2D eigenvalue weighted by molar-refractivity contribution is -0.141. The molecule has 1 aliphatic carbocycles. The van der Waals surface area contributed by atoms with Gasteiger partial charge in [0.1, 0.15) is 0 Å². The van der Waals surface area contributed by atoms with Crippen LogP contribution >= 0.6 is 0 Å². The highest BCUT2D eigenvalue weighted by molar-refractivity contribution is 5.80. The maximum absolute atomic E-state index is 13.3. The molecule has 2 aliphatic heterocycles. The first-order valence-electron chi connectivity index (χ1n) is 16.2. The van der Waals surface area contributed by atoms with E-state index in [0.717, 1.165) is 76.0 Å². The molecule has 2 heterocycles. The number of benzene rings is 2. The number of hydrogen-bond donors (Lipinski definition) is 6. The Bertz CT molecular complexity index is 1330. The van der Waals surface area contributed by atoms with Crippen LogP contribution in [0.3, 0.4) is 0 Å². The molecule has 1 unspecified atom stereocenters. The van der Waals surface area contributed by atoms with E-state index >= 15 is 0 Å². The molecular weight excluding hydrogens is 594 g/mol. The van der Waals surface area contributed by atoms with Crippen molar-refractivity contribution in [1.82, 2.24) is 21.3 Å². The molecule has 4 atom stereocenters. The molecule has 13 heteroatoms. The topological polar surface area (TPSA) is 175 Å². The summed E-state index contributed by atoms with van der Waals surface area (Å²) < 4.78 is 27.9. The van der Waals surface area contributed by atoms with Crippen molar-refractivity contribution in [3.05, 3.63) is 41.0 Å². The van der Waals surface area contributed by atoms with Gasteiger partial charge in [-0.2, -0.15) is 0 Å². The summed E-state index contributed by atoms with van der Waals surface area (Å²) in [4.78, 5) is 26.5. The van der Waals surface area contributed by atoms with E-state index in [9.17, 15) is 14.7 Å². The number of cyclic esters (lactones) is 1. The number of phenolic OH excluding ortho intramolecular Hbond substituents is 1. The highest BCUT2D eigenvalue weighted by atomic mass is 16.7. The van der Waals surface area contributed by atoms with Gasteiger partial charge in [-0.1, -0.05) is 0 Å². The van der Waals surface area contributed by atoms with Gasteiger partial charge in [0, 0.05) is 18.4 Å². The molecule has 0 radical (unpaired) electrons. The lowest BCUT2D eigenvalue weighted by atomic mass is 9.65. The number of methoxy groups -OCH3 is 2. The smallest absolute Gasteiger partial charge is 0.315 e. The van der Waals surface area contributed by atoms with Crippen LogP contribution in [0.2, 0.25) is 0 Å². The Labute approximate surface area is 269 Å². The molecule has 13 nitrogen and oxygen atoms in total. The maximum atomic E-state index is 13.3. The van der Waals surface area contributed by atoms with Crippen LogP contribution in [0.5, 0.6) is 28.7 Å². The molecule has 1 fully saturated rings. The number of ether oxygens (including phenoxy) is 5. The molecule has 46 heavy (non-hydrogen) atoms. The molecule has 0 spiro atoms. The highest BCUT2D eigenvalue weighted by Gasteiger charge is 2.53. The molecule has 2 aromatic carbocycles. The summed E-state index contributed by atoms with van der Waals surface area (Å²) in [6, 6.07) is 6.33. The fourth-order valence-corrected chi connectivity index (χ4v) is 6.59. The van der Waals surface area contributed by atoms with E-state index in [-0.39, 0.29) is 48.6 Å². The van der Waals surface area contributed by atoms with Crippen molar-refractivity contribution in [2.75, 3.05) is 66.9 Å². The van der Waals surface area contributed by atoms with Crippen LogP contribution < -0.4 is 45.9 Å². The quantitative estimate of drug-likeness (QED) is 0.111. The molecule has 2 amide bonds. The fraction of sp³-hybridized carbons (Fsp3) is 0.576. The van der Waals surface area contributed by atoms with Gasteiger partial charge in [0.05, 0.1) is 32.8 Å². The first-order chi connectivity index (χ1) is 22.5. The lowest BCUT2D eigenvalue weighted by Gasteiger charge is -2.39. The minimum Gasteiger partial charge on any atom is -0.502 e. The predicted molar refractivity (Wildman–Crippen MR) is 171 cm³/mol. The van der Waals surface area contributed by atoms with Crippen molar-refractivity contribution in [2.24, 2.45) is 17.6 Å². The van der Waals surface area contributed by atoms with E-state index in [0.29, 0.717) is 23.6 Å². The fourth-order valence-electron chi connectivity index (χ4n) is 6.59. The van der Waals surface area contributed by atoms with Gasteiger partial charge >= 0.3 is 12.0 Å². The van der Waals surface area contributed by atoms with Crippen LogP contribution in [0.4, 0.5) is 4.79 Å². The van der Waals surface area contributed by atoms with Gasteiger partial charge in [-0.3, -0.25) is 4.79 Å². The molecule has 2 aromatic rings. The van der Waals surface area contributed by atoms with Crippen LogP contribution in [-0.2, 0) is 9.53 Å². The Kier molecular flexibility index (Phi) is 11.7. The van der Waals surface area contributed by atoms with Crippen molar-refractivity contribution in [1.29, 1.82) is 0 Å². The predicted octanol–water partition coefficient (Wildman–Crippen LogP) is 2.50. The van der Waals surface area contributed by atoms with Crippen LogP contribution in [0.25, 0.3) is 0 Å². The zero-order valence-corrected chi connectivity index (χ0v) is 26.7. The minimum absolute atomic E-state index is 0.0816. The lowest BCUT2D eigenvalue weighted by Crippen LogP contribution is -2.46. The number of aromatic hydroxyl groups is 1. The first-order valence-corrected chi connectivity index (χ1v) is 16.2. The number of carbonyl (C=O) groups is 2. The van der Waals surface area contributed by atoms with Gasteiger partial charge in [0.2, 0.25) is 12.5 Å². The normalized spacial score (nSPS) is 20.9. The van der Waals surface area contributed by atoms with E-state index in [4.69, 9.17) is 29.4 Å². The van der Waals surface area contributed by atoms with Gasteiger partial charge in [-0.15, -0.1) is 0 Å². The summed E-state index contributed by atoms with van der Waals surface area (Å²) in [6.45, 7) is 5.34. The zero-order chi connectivity index (χ0) is 32.5. The summed E-state index contributed by atoms with van der Waals surface area (Å²) in [5.74, 6) is -0.340. The Hall–Kier alpha value is -3.94. The summed E-state index contributed by atoms with van der Waals surface area (Å²) in [6.07, 6.45) is 5.00. The van der Waals surface area contributed by atoms with Gasteiger partial charge < -0.3 is 55.8 Å². The Morgan fingerprint density at radius 3 is 2.13 bits per heavy atom. The molecule has 1 saturated heterocycles. The Balaban J connectivity index is 1.23. The van der Waals surface area contributed by atoms with Gasteiger partial charge in [-0.05, 0) is 106 Å². The van der Waals surface area contributed by atoms with Crippen LogP contribution in [0.15, 0.2) is 24.3 Å². The van der Waals surface area contributed by atoms with Crippen molar-refractivity contribution >= 4 is 12.0 Å². The SMILES string of the molecule is COc1cc(C2c3cc4c(cc3[C@@H](NC(=O)NCCCCNCCCNCCCCN)[C@H]3COC(=O)[C@H]23)OCO4)cc(OC)c1O. The summed E-state index contributed by atoms with van der Waals surface area (Å²) in [5.41, 5.74) is 7.83.